The van der Waals surface area contributed by atoms with Gasteiger partial charge in [0.15, 0.2) is 0 Å². The van der Waals surface area contributed by atoms with E-state index < -0.39 is 0 Å². The third-order valence-electron chi connectivity index (χ3n) is 4.27. The van der Waals surface area contributed by atoms with Gasteiger partial charge < -0.3 is 10.2 Å². The molecule has 0 bridgehead atoms. The number of anilines is 1. The molecule has 0 radical (unpaired) electrons. The highest BCUT2D eigenvalue weighted by Gasteiger charge is 2.19. The second-order valence-corrected chi connectivity index (χ2v) is 5.81. The number of nitrogens with one attached hydrogen (secondary N) is 1. The van der Waals surface area contributed by atoms with E-state index in [9.17, 15) is 0 Å². The molecular weight excluding hydrogens is 262 g/mol. The Kier molecular flexibility index (Phi) is 4.31. The molecule has 0 spiro atoms. The molecule has 1 atom stereocenters. The Hall–Kier alpha value is -1.72. The summed E-state index contributed by atoms with van der Waals surface area (Å²) in [5.74, 6) is 0.932. The van der Waals surface area contributed by atoms with Crippen molar-refractivity contribution >= 4 is 16.7 Å². The number of nitrogens with zero attached hydrogens (tertiary/aromatic N) is 4. The predicted molar refractivity (Wildman–Crippen MR) is 86.6 cm³/mol. The molecule has 1 fully saturated rings. The average Bonchev–Trinajstić information content (AvgIpc) is 2.53. The Bertz CT molecular complexity index is 587. The number of para-hydroxylation sites is 1. The van der Waals surface area contributed by atoms with Gasteiger partial charge in [-0.2, -0.15) is 0 Å². The molecule has 1 N–H and O–H groups in total. The maximum absolute atomic E-state index is 4.39. The highest BCUT2D eigenvalue weighted by molar-refractivity contribution is 5.88. The van der Waals surface area contributed by atoms with Crippen LogP contribution in [0.3, 0.4) is 0 Å². The van der Waals surface area contributed by atoms with E-state index in [1.165, 1.54) is 0 Å². The summed E-state index contributed by atoms with van der Waals surface area (Å²) in [4.78, 5) is 13.6. The Balaban J connectivity index is 1.63. The van der Waals surface area contributed by atoms with E-state index in [0.717, 1.165) is 49.4 Å². The van der Waals surface area contributed by atoms with Crippen molar-refractivity contribution in [1.82, 2.24) is 19.8 Å². The molecule has 1 aromatic carbocycles. The summed E-state index contributed by atoms with van der Waals surface area (Å²) in [6.07, 6.45) is 1.63. The third kappa shape index (κ3) is 3.31. The van der Waals surface area contributed by atoms with Crippen molar-refractivity contribution in [3.8, 4) is 0 Å². The first-order valence-corrected chi connectivity index (χ1v) is 7.60. The number of hydrogen-bond donors (Lipinski definition) is 1. The molecule has 5 heteroatoms. The second kappa shape index (κ2) is 6.37. The number of likely N-dealkylation sites (N-methyl/N-ethyl adjacent to an activating group) is 1. The summed E-state index contributed by atoms with van der Waals surface area (Å²) in [5.41, 5.74) is 0.988. The molecule has 5 nitrogen and oxygen atoms in total. The first kappa shape index (κ1) is 14.2. The number of aromatic nitrogens is 2. The summed E-state index contributed by atoms with van der Waals surface area (Å²) < 4.78 is 0. The van der Waals surface area contributed by atoms with Crippen LogP contribution in [0, 0.1) is 0 Å². The van der Waals surface area contributed by atoms with Crippen LogP contribution in [0.1, 0.15) is 6.92 Å². The minimum absolute atomic E-state index is 0.507. The fourth-order valence-electron chi connectivity index (χ4n) is 2.78. The number of hydrogen-bond acceptors (Lipinski definition) is 5. The van der Waals surface area contributed by atoms with Gasteiger partial charge in [0, 0.05) is 44.2 Å². The summed E-state index contributed by atoms with van der Waals surface area (Å²) in [6.45, 7) is 7.78. The zero-order valence-electron chi connectivity index (χ0n) is 12.8. The fourth-order valence-corrected chi connectivity index (χ4v) is 2.78. The van der Waals surface area contributed by atoms with Crippen LogP contribution in [0.5, 0.6) is 0 Å². The topological polar surface area (TPSA) is 44.3 Å². The zero-order chi connectivity index (χ0) is 14.7. The van der Waals surface area contributed by atoms with E-state index in [1.807, 2.05) is 18.2 Å². The van der Waals surface area contributed by atoms with Crippen molar-refractivity contribution in [3.63, 3.8) is 0 Å². The third-order valence-corrected chi connectivity index (χ3v) is 4.27. The van der Waals surface area contributed by atoms with Crippen LogP contribution in [-0.4, -0.2) is 65.6 Å². The molecule has 0 aliphatic carbocycles. The average molecular weight is 285 g/mol. The van der Waals surface area contributed by atoms with E-state index in [0.29, 0.717) is 6.04 Å². The Labute approximate surface area is 126 Å². The monoisotopic (exact) mass is 285 g/mol. The van der Waals surface area contributed by atoms with Gasteiger partial charge in [0.2, 0.25) is 0 Å². The second-order valence-electron chi connectivity index (χ2n) is 5.81. The van der Waals surface area contributed by atoms with Crippen LogP contribution in [0.4, 0.5) is 5.82 Å². The van der Waals surface area contributed by atoms with Crippen molar-refractivity contribution in [2.24, 2.45) is 0 Å². The fraction of sp³-hybridized carbons (Fsp3) is 0.500. The predicted octanol–water partition coefficient (Wildman–Crippen LogP) is 1.68. The summed E-state index contributed by atoms with van der Waals surface area (Å²) >= 11 is 0. The van der Waals surface area contributed by atoms with Crippen LogP contribution in [-0.2, 0) is 0 Å². The zero-order valence-corrected chi connectivity index (χ0v) is 12.8. The standard InChI is InChI=1S/C16H23N5/c1-13(21-9-7-20(2)8-10-21)11-17-16-14-5-3-4-6-15(14)18-12-19-16/h3-6,12-13H,7-11H2,1-2H3,(H,17,18,19). The van der Waals surface area contributed by atoms with Crippen LogP contribution < -0.4 is 5.32 Å². The van der Waals surface area contributed by atoms with Gasteiger partial charge in [0.1, 0.15) is 12.1 Å². The highest BCUT2D eigenvalue weighted by Crippen LogP contribution is 2.18. The molecule has 1 aliphatic rings. The number of fused-ring (bicyclic) bond motifs is 1. The maximum atomic E-state index is 4.39. The van der Waals surface area contributed by atoms with E-state index in [-0.39, 0.29) is 0 Å². The lowest BCUT2D eigenvalue weighted by Crippen LogP contribution is -2.49. The first-order valence-electron chi connectivity index (χ1n) is 7.60. The van der Waals surface area contributed by atoms with Crippen molar-refractivity contribution in [2.75, 3.05) is 45.1 Å². The minimum atomic E-state index is 0.507. The maximum Gasteiger partial charge on any atom is 0.137 e. The summed E-state index contributed by atoms with van der Waals surface area (Å²) in [6, 6.07) is 8.63. The Morgan fingerprint density at radius 3 is 2.71 bits per heavy atom. The first-order chi connectivity index (χ1) is 10.2. The molecule has 21 heavy (non-hydrogen) atoms. The van der Waals surface area contributed by atoms with Gasteiger partial charge in [-0.3, -0.25) is 4.90 Å². The number of rotatable bonds is 4. The van der Waals surface area contributed by atoms with Crippen molar-refractivity contribution in [1.29, 1.82) is 0 Å². The van der Waals surface area contributed by atoms with Crippen molar-refractivity contribution < 1.29 is 0 Å². The Morgan fingerprint density at radius 1 is 1.14 bits per heavy atom. The molecule has 1 saturated heterocycles. The van der Waals surface area contributed by atoms with Gasteiger partial charge in [-0.15, -0.1) is 0 Å². The molecule has 2 aromatic rings. The smallest absolute Gasteiger partial charge is 0.137 e. The molecule has 1 unspecified atom stereocenters. The molecule has 3 rings (SSSR count). The molecule has 112 valence electrons. The van der Waals surface area contributed by atoms with Crippen LogP contribution in [0.15, 0.2) is 30.6 Å². The lowest BCUT2D eigenvalue weighted by atomic mass is 10.2. The van der Waals surface area contributed by atoms with Crippen LogP contribution in [0.2, 0.25) is 0 Å². The Morgan fingerprint density at radius 2 is 1.90 bits per heavy atom. The van der Waals surface area contributed by atoms with Crippen LogP contribution >= 0.6 is 0 Å². The number of piperazine rings is 1. The molecule has 1 aromatic heterocycles. The molecule has 1 aliphatic heterocycles. The van der Waals surface area contributed by atoms with Gasteiger partial charge in [-0.1, -0.05) is 12.1 Å². The van der Waals surface area contributed by atoms with E-state index >= 15 is 0 Å². The normalized spacial score (nSPS) is 18.8. The summed E-state index contributed by atoms with van der Waals surface area (Å²) in [7, 11) is 2.19. The van der Waals surface area contributed by atoms with Gasteiger partial charge >= 0.3 is 0 Å². The molecular formula is C16H23N5. The summed E-state index contributed by atoms with van der Waals surface area (Å²) in [5, 5.41) is 4.58. The van der Waals surface area contributed by atoms with E-state index in [2.05, 4.69) is 45.1 Å². The largest absolute Gasteiger partial charge is 0.368 e. The van der Waals surface area contributed by atoms with Crippen molar-refractivity contribution in [3.05, 3.63) is 30.6 Å². The van der Waals surface area contributed by atoms with E-state index in [4.69, 9.17) is 0 Å². The van der Waals surface area contributed by atoms with Gasteiger partial charge in [-0.25, -0.2) is 9.97 Å². The van der Waals surface area contributed by atoms with Gasteiger partial charge in [0.25, 0.3) is 0 Å². The minimum Gasteiger partial charge on any atom is -0.368 e. The van der Waals surface area contributed by atoms with Crippen molar-refractivity contribution in [2.45, 2.75) is 13.0 Å². The molecule has 2 heterocycles. The lowest BCUT2D eigenvalue weighted by Gasteiger charge is -2.36. The van der Waals surface area contributed by atoms with Gasteiger partial charge in [0.05, 0.1) is 5.52 Å². The van der Waals surface area contributed by atoms with Gasteiger partial charge in [-0.05, 0) is 26.1 Å². The number of benzene rings is 1. The SMILES string of the molecule is CC(CNc1ncnc2ccccc12)N1CCN(C)CC1. The lowest BCUT2D eigenvalue weighted by molar-refractivity contribution is 0.123. The van der Waals surface area contributed by atoms with Crippen LogP contribution in [0.25, 0.3) is 10.9 Å². The van der Waals surface area contributed by atoms with E-state index in [1.54, 1.807) is 6.33 Å². The molecule has 0 amide bonds. The quantitative estimate of drug-likeness (QED) is 0.926. The molecule has 0 saturated carbocycles. The highest BCUT2D eigenvalue weighted by atomic mass is 15.3.